The smallest absolute Gasteiger partial charge is 0.247 e. The average molecular weight is 362 g/mol. The molecule has 108 valence electrons. The largest absolute Gasteiger partial charge is 0.332 e. The number of thiophene rings is 1. The number of carbonyl (C=O) groups excluding carboxylic acids is 1. The zero-order chi connectivity index (χ0) is 14.8. The third kappa shape index (κ3) is 3.11. The van der Waals surface area contributed by atoms with Gasteiger partial charge in [0.15, 0.2) is 0 Å². The number of fused-ring (bicyclic) bond motifs is 1. The van der Waals surface area contributed by atoms with Crippen LogP contribution in [0.15, 0.2) is 46.3 Å². The summed E-state index contributed by atoms with van der Waals surface area (Å²) >= 11 is 5.20. The minimum atomic E-state index is 0.0854. The van der Waals surface area contributed by atoms with Crippen LogP contribution in [0.25, 0.3) is 6.08 Å². The highest BCUT2D eigenvalue weighted by molar-refractivity contribution is 9.10. The molecular formula is C17H16BrNOS. The third-order valence-electron chi connectivity index (χ3n) is 3.85. The highest BCUT2D eigenvalue weighted by Crippen LogP contribution is 2.32. The Kier molecular flexibility index (Phi) is 4.27. The molecule has 0 radical (unpaired) electrons. The first-order valence-electron chi connectivity index (χ1n) is 6.95. The number of rotatable bonds is 2. The topological polar surface area (TPSA) is 20.3 Å². The van der Waals surface area contributed by atoms with Gasteiger partial charge in [-0.3, -0.25) is 4.79 Å². The van der Waals surface area contributed by atoms with Crippen LogP contribution in [0.2, 0.25) is 0 Å². The molecule has 1 aromatic heterocycles. The highest BCUT2D eigenvalue weighted by Gasteiger charge is 2.26. The summed E-state index contributed by atoms with van der Waals surface area (Å²) in [5.74, 6) is 0.0854. The molecule has 1 aliphatic rings. The van der Waals surface area contributed by atoms with Crippen LogP contribution in [0.4, 0.5) is 0 Å². The van der Waals surface area contributed by atoms with Gasteiger partial charge in [0, 0.05) is 22.0 Å². The molecule has 0 bridgehead atoms. The highest BCUT2D eigenvalue weighted by atomic mass is 79.9. The van der Waals surface area contributed by atoms with Gasteiger partial charge < -0.3 is 4.90 Å². The van der Waals surface area contributed by atoms with Crippen LogP contribution in [0.5, 0.6) is 0 Å². The van der Waals surface area contributed by atoms with Gasteiger partial charge in [-0.25, -0.2) is 0 Å². The Morgan fingerprint density at radius 1 is 1.33 bits per heavy atom. The van der Waals surface area contributed by atoms with Crippen LogP contribution in [-0.4, -0.2) is 17.4 Å². The first kappa shape index (κ1) is 14.5. The van der Waals surface area contributed by atoms with Crippen molar-refractivity contribution in [2.24, 2.45) is 0 Å². The van der Waals surface area contributed by atoms with Crippen LogP contribution in [0.1, 0.15) is 29.0 Å². The molecule has 0 aliphatic carbocycles. The molecule has 1 amide bonds. The van der Waals surface area contributed by atoms with Crippen molar-refractivity contribution in [3.63, 3.8) is 0 Å². The fraction of sp³-hybridized carbons (Fsp3) is 0.235. The van der Waals surface area contributed by atoms with Crippen molar-refractivity contribution in [2.75, 3.05) is 6.54 Å². The lowest BCUT2D eigenvalue weighted by Gasteiger charge is -2.32. The predicted octanol–water partition coefficient (Wildman–Crippen LogP) is 4.67. The number of hydrogen-bond donors (Lipinski definition) is 0. The van der Waals surface area contributed by atoms with Gasteiger partial charge in [-0.05, 0) is 54.1 Å². The summed E-state index contributed by atoms with van der Waals surface area (Å²) in [5, 5.41) is 2.12. The molecule has 2 nitrogen and oxygen atoms in total. The monoisotopic (exact) mass is 361 g/mol. The molecule has 0 unspecified atom stereocenters. The lowest BCUT2D eigenvalue weighted by Crippen LogP contribution is -2.37. The Balaban J connectivity index is 1.73. The summed E-state index contributed by atoms with van der Waals surface area (Å²) in [7, 11) is 0. The summed E-state index contributed by atoms with van der Waals surface area (Å²) in [6, 6.07) is 10.2. The van der Waals surface area contributed by atoms with Crippen LogP contribution in [0, 0.1) is 0 Å². The van der Waals surface area contributed by atoms with Gasteiger partial charge in [0.25, 0.3) is 0 Å². The zero-order valence-corrected chi connectivity index (χ0v) is 14.2. The van der Waals surface area contributed by atoms with Gasteiger partial charge in [-0.2, -0.15) is 0 Å². The summed E-state index contributed by atoms with van der Waals surface area (Å²) < 4.78 is 1.04. The first-order valence-corrected chi connectivity index (χ1v) is 8.63. The molecule has 0 fully saturated rings. The van der Waals surface area contributed by atoms with Gasteiger partial charge >= 0.3 is 0 Å². The molecule has 1 aliphatic heterocycles. The molecule has 0 N–H and O–H groups in total. The number of carbonyl (C=O) groups is 1. The minimum absolute atomic E-state index is 0.0854. The van der Waals surface area contributed by atoms with E-state index >= 15 is 0 Å². The van der Waals surface area contributed by atoms with Crippen molar-refractivity contribution >= 4 is 39.2 Å². The van der Waals surface area contributed by atoms with E-state index in [2.05, 4.69) is 34.3 Å². The molecule has 0 saturated carbocycles. The molecular weight excluding hydrogens is 346 g/mol. The fourth-order valence-electron chi connectivity index (χ4n) is 2.65. The number of nitrogens with zero attached hydrogens (tertiary/aromatic N) is 1. The maximum atomic E-state index is 12.4. The fourth-order valence-corrected chi connectivity index (χ4v) is 3.87. The van der Waals surface area contributed by atoms with Crippen molar-refractivity contribution in [1.82, 2.24) is 4.90 Å². The Hall–Kier alpha value is -1.39. The van der Waals surface area contributed by atoms with Crippen LogP contribution >= 0.6 is 27.3 Å². The molecule has 0 saturated heterocycles. The van der Waals surface area contributed by atoms with Crippen LogP contribution in [-0.2, 0) is 11.2 Å². The van der Waals surface area contributed by atoms with Gasteiger partial charge in [-0.15, -0.1) is 11.3 Å². The molecule has 21 heavy (non-hydrogen) atoms. The molecule has 2 aromatic rings. The number of halogens is 1. The van der Waals surface area contributed by atoms with E-state index in [-0.39, 0.29) is 11.9 Å². The predicted molar refractivity (Wildman–Crippen MR) is 91.3 cm³/mol. The minimum Gasteiger partial charge on any atom is -0.332 e. The van der Waals surface area contributed by atoms with E-state index < -0.39 is 0 Å². The van der Waals surface area contributed by atoms with Gasteiger partial charge in [-0.1, -0.05) is 28.1 Å². The second kappa shape index (κ2) is 6.16. The summed E-state index contributed by atoms with van der Waals surface area (Å²) in [6.07, 6.45) is 4.52. The van der Waals surface area contributed by atoms with E-state index in [1.54, 1.807) is 17.4 Å². The van der Waals surface area contributed by atoms with E-state index in [0.717, 1.165) is 23.0 Å². The Morgan fingerprint density at radius 2 is 2.10 bits per heavy atom. The lowest BCUT2D eigenvalue weighted by atomic mass is 10.0. The van der Waals surface area contributed by atoms with Crippen LogP contribution < -0.4 is 0 Å². The second-order valence-corrected chi connectivity index (χ2v) is 7.06. The van der Waals surface area contributed by atoms with Crippen molar-refractivity contribution in [3.05, 3.63) is 62.3 Å². The van der Waals surface area contributed by atoms with E-state index in [4.69, 9.17) is 0 Å². The standard InChI is InChI=1S/C17H16BrNOS/c1-12-15-9-11-21-16(15)8-10-19(12)17(20)7-4-13-2-5-14(18)6-3-13/h2-7,9,11-12H,8,10H2,1H3/b7-4+/t12-/m1/s1. The lowest BCUT2D eigenvalue weighted by molar-refractivity contribution is -0.128. The molecule has 2 heterocycles. The maximum Gasteiger partial charge on any atom is 0.247 e. The summed E-state index contributed by atoms with van der Waals surface area (Å²) in [6.45, 7) is 2.91. The SMILES string of the molecule is C[C@@H]1c2ccsc2CCN1C(=O)/C=C/c1ccc(Br)cc1. The Bertz CT molecular complexity index is 674. The van der Waals surface area contributed by atoms with Crippen molar-refractivity contribution < 1.29 is 4.79 Å². The first-order chi connectivity index (χ1) is 10.1. The van der Waals surface area contributed by atoms with Gasteiger partial charge in [0.05, 0.1) is 6.04 Å². The average Bonchev–Trinajstić information content (AvgIpc) is 2.96. The summed E-state index contributed by atoms with van der Waals surface area (Å²) in [5.41, 5.74) is 2.34. The Labute approximate surface area is 137 Å². The molecule has 3 rings (SSSR count). The Morgan fingerprint density at radius 3 is 2.86 bits per heavy atom. The van der Waals surface area contributed by atoms with E-state index in [1.165, 1.54) is 10.4 Å². The van der Waals surface area contributed by atoms with Crippen molar-refractivity contribution in [2.45, 2.75) is 19.4 Å². The van der Waals surface area contributed by atoms with E-state index in [1.807, 2.05) is 35.2 Å². The number of amides is 1. The van der Waals surface area contributed by atoms with Crippen molar-refractivity contribution in [3.8, 4) is 0 Å². The zero-order valence-electron chi connectivity index (χ0n) is 11.8. The third-order valence-corrected chi connectivity index (χ3v) is 5.37. The number of benzene rings is 1. The van der Waals surface area contributed by atoms with Crippen molar-refractivity contribution in [1.29, 1.82) is 0 Å². The molecule has 0 spiro atoms. The molecule has 1 aromatic carbocycles. The second-order valence-electron chi connectivity index (χ2n) is 5.14. The quantitative estimate of drug-likeness (QED) is 0.711. The van der Waals surface area contributed by atoms with Gasteiger partial charge in [0.2, 0.25) is 5.91 Å². The maximum absolute atomic E-state index is 12.4. The molecule has 4 heteroatoms. The summed E-state index contributed by atoms with van der Waals surface area (Å²) in [4.78, 5) is 15.8. The van der Waals surface area contributed by atoms with Crippen LogP contribution in [0.3, 0.4) is 0 Å². The molecule has 1 atom stereocenters. The number of hydrogen-bond acceptors (Lipinski definition) is 2. The van der Waals surface area contributed by atoms with E-state index in [9.17, 15) is 4.79 Å². The van der Waals surface area contributed by atoms with E-state index in [0.29, 0.717) is 0 Å². The van der Waals surface area contributed by atoms with Gasteiger partial charge in [0.1, 0.15) is 0 Å². The normalized spacial score (nSPS) is 18.0.